The molecule has 3 aliphatic rings. The summed E-state index contributed by atoms with van der Waals surface area (Å²) in [5, 5.41) is 7.43. The number of nitrogens with one attached hydrogen (secondary N) is 3. The summed E-state index contributed by atoms with van der Waals surface area (Å²) in [6, 6.07) is 5.83. The van der Waals surface area contributed by atoms with E-state index in [1.165, 1.54) is 50.3 Å². The number of ether oxygens (including phenoxy) is 1. The van der Waals surface area contributed by atoms with Gasteiger partial charge in [0, 0.05) is 25.1 Å². The lowest BCUT2D eigenvalue weighted by Gasteiger charge is -2.28. The maximum Gasteiger partial charge on any atom is 0.573 e. The van der Waals surface area contributed by atoms with Gasteiger partial charge >= 0.3 is 6.36 Å². The lowest BCUT2D eigenvalue weighted by Crippen LogP contribution is -2.49. The van der Waals surface area contributed by atoms with Crippen LogP contribution in [0.15, 0.2) is 30.3 Å². The third kappa shape index (κ3) is 6.40. The van der Waals surface area contributed by atoms with Crippen molar-refractivity contribution in [3.05, 3.63) is 35.9 Å². The normalized spacial score (nSPS) is 23.9. The zero-order valence-corrected chi connectivity index (χ0v) is 18.3. The van der Waals surface area contributed by atoms with Crippen LogP contribution in [0.25, 0.3) is 5.70 Å². The van der Waals surface area contributed by atoms with Crippen molar-refractivity contribution in [2.24, 2.45) is 11.8 Å². The molecule has 0 spiro atoms. The Balaban J connectivity index is 1.48. The number of carbonyl (C=O) groups is 2. The van der Waals surface area contributed by atoms with Crippen molar-refractivity contribution >= 4 is 17.5 Å². The number of amides is 2. The van der Waals surface area contributed by atoms with Crippen LogP contribution < -0.4 is 20.8 Å². The maximum absolute atomic E-state index is 12.7. The van der Waals surface area contributed by atoms with Gasteiger partial charge in [-0.1, -0.05) is 44.2 Å². The van der Waals surface area contributed by atoms with Crippen LogP contribution in [-0.4, -0.2) is 42.4 Å². The molecule has 2 amide bonds. The molecule has 2 fully saturated rings. The average molecular weight is 467 g/mol. The van der Waals surface area contributed by atoms with E-state index in [-0.39, 0.29) is 24.0 Å². The van der Waals surface area contributed by atoms with Crippen LogP contribution in [0, 0.1) is 11.8 Å². The molecule has 1 aromatic rings. The van der Waals surface area contributed by atoms with Gasteiger partial charge in [0.1, 0.15) is 11.9 Å². The molecule has 7 nitrogen and oxygen atoms in total. The summed E-state index contributed by atoms with van der Waals surface area (Å²) < 4.78 is 42.2. The minimum Gasteiger partial charge on any atom is -0.406 e. The van der Waals surface area contributed by atoms with Gasteiger partial charge < -0.3 is 20.4 Å². The molecule has 0 aromatic heterocycles. The molecule has 1 unspecified atom stereocenters. The zero-order valence-electron chi connectivity index (χ0n) is 18.3. The number of halogens is 3. The number of hydrogen-bond acceptors (Lipinski definition) is 5. The first-order valence-electron chi connectivity index (χ1n) is 11.5. The van der Waals surface area contributed by atoms with E-state index in [9.17, 15) is 22.8 Å². The molecule has 33 heavy (non-hydrogen) atoms. The topological polar surface area (TPSA) is 82.7 Å². The van der Waals surface area contributed by atoms with Crippen molar-refractivity contribution in [3.63, 3.8) is 0 Å². The second-order valence-corrected chi connectivity index (χ2v) is 8.89. The summed E-state index contributed by atoms with van der Waals surface area (Å²) in [5.41, 5.74) is 4.50. The highest BCUT2D eigenvalue weighted by Gasteiger charge is 2.33. The maximum atomic E-state index is 12.7. The van der Waals surface area contributed by atoms with Gasteiger partial charge in [0.25, 0.3) is 0 Å². The molecule has 1 saturated heterocycles. The minimum absolute atomic E-state index is 0.150. The minimum atomic E-state index is -4.77. The molecule has 0 radical (unpaired) electrons. The van der Waals surface area contributed by atoms with Gasteiger partial charge in [-0.25, -0.2) is 5.43 Å². The van der Waals surface area contributed by atoms with Gasteiger partial charge in [-0.05, 0) is 30.5 Å². The van der Waals surface area contributed by atoms with Crippen LogP contribution in [0.1, 0.15) is 50.5 Å². The van der Waals surface area contributed by atoms with Crippen LogP contribution in [0.4, 0.5) is 13.2 Å². The highest BCUT2D eigenvalue weighted by molar-refractivity contribution is 5.89. The number of alkyl halides is 3. The van der Waals surface area contributed by atoms with Crippen LogP contribution in [0.3, 0.4) is 0 Å². The Hall–Kier alpha value is -2.75. The standard InChI is InChI=1S/C23H29F3N4O3/c24-23(25,26)33-18-8-4-7-16(11-18)19-13-20(28-22(32)17-12-21(31)27-14-17)29-30(19)10-9-15-5-2-1-3-6-15/h4,7-8,11,13,15,17,20,29H,1-3,5-6,9-10,12,14H2,(H,27,31)(H,28,32)/t17-,20?/m1/s1. The van der Waals surface area contributed by atoms with Crippen LogP contribution >= 0.6 is 0 Å². The molecule has 1 aliphatic carbocycles. The first kappa shape index (κ1) is 23.4. The van der Waals surface area contributed by atoms with Crippen molar-refractivity contribution in [2.75, 3.05) is 13.1 Å². The van der Waals surface area contributed by atoms with Gasteiger partial charge in [-0.2, -0.15) is 0 Å². The Morgan fingerprint density at radius 3 is 2.70 bits per heavy atom. The van der Waals surface area contributed by atoms with Crippen molar-refractivity contribution < 1.29 is 27.5 Å². The molecule has 10 heteroatoms. The molecule has 1 saturated carbocycles. The Morgan fingerprint density at radius 1 is 1.21 bits per heavy atom. The number of benzene rings is 1. The van der Waals surface area contributed by atoms with Crippen molar-refractivity contribution in [1.82, 2.24) is 21.1 Å². The first-order valence-corrected chi connectivity index (χ1v) is 11.5. The summed E-state index contributed by atoms with van der Waals surface area (Å²) >= 11 is 0. The molecule has 3 N–H and O–H groups in total. The molecule has 2 atom stereocenters. The lowest BCUT2D eigenvalue weighted by atomic mass is 9.87. The second-order valence-electron chi connectivity index (χ2n) is 8.89. The number of hydrogen-bond donors (Lipinski definition) is 3. The van der Waals surface area contributed by atoms with E-state index in [4.69, 9.17) is 0 Å². The fraction of sp³-hybridized carbons (Fsp3) is 0.565. The van der Waals surface area contributed by atoms with Gasteiger partial charge in [0.05, 0.1) is 11.6 Å². The van der Waals surface area contributed by atoms with Crippen molar-refractivity contribution in [1.29, 1.82) is 0 Å². The Bertz CT molecular complexity index is 899. The zero-order chi connectivity index (χ0) is 23.4. The van der Waals surface area contributed by atoms with E-state index < -0.39 is 18.4 Å². The molecular weight excluding hydrogens is 437 g/mol. The summed E-state index contributed by atoms with van der Waals surface area (Å²) in [5.74, 6) is -0.510. The quantitative estimate of drug-likeness (QED) is 0.575. The second kappa shape index (κ2) is 10.0. The van der Waals surface area contributed by atoms with Gasteiger partial charge in [-0.3, -0.25) is 9.59 Å². The number of hydrazine groups is 1. The molecule has 180 valence electrons. The molecule has 0 bridgehead atoms. The van der Waals surface area contributed by atoms with E-state index in [0.29, 0.717) is 30.3 Å². The predicted octanol–water partition coefficient (Wildman–Crippen LogP) is 3.30. The first-order chi connectivity index (χ1) is 15.8. The molecule has 1 aromatic carbocycles. The third-order valence-corrected chi connectivity index (χ3v) is 6.41. The van der Waals surface area contributed by atoms with Crippen LogP contribution in [-0.2, 0) is 9.59 Å². The lowest BCUT2D eigenvalue weighted by molar-refractivity contribution is -0.274. The van der Waals surface area contributed by atoms with Gasteiger partial charge in [0.2, 0.25) is 11.8 Å². The van der Waals surface area contributed by atoms with Crippen molar-refractivity contribution in [3.8, 4) is 5.75 Å². The fourth-order valence-electron chi connectivity index (χ4n) is 4.74. The monoisotopic (exact) mass is 466 g/mol. The third-order valence-electron chi connectivity index (χ3n) is 6.41. The fourth-order valence-corrected chi connectivity index (χ4v) is 4.74. The van der Waals surface area contributed by atoms with E-state index in [0.717, 1.165) is 6.42 Å². The average Bonchev–Trinajstić information content (AvgIpc) is 3.38. The molecule has 2 heterocycles. The highest BCUT2D eigenvalue weighted by atomic mass is 19.4. The number of rotatable bonds is 7. The van der Waals surface area contributed by atoms with Crippen LogP contribution in [0.2, 0.25) is 0 Å². The number of carbonyl (C=O) groups excluding carboxylic acids is 2. The van der Waals surface area contributed by atoms with E-state index in [2.05, 4.69) is 20.8 Å². The summed E-state index contributed by atoms with van der Waals surface area (Å²) in [6.07, 6.45) is 3.68. The predicted molar refractivity (Wildman–Crippen MR) is 115 cm³/mol. The molecular formula is C23H29F3N4O3. The Morgan fingerprint density at radius 2 is 2.00 bits per heavy atom. The smallest absolute Gasteiger partial charge is 0.406 e. The summed E-state index contributed by atoms with van der Waals surface area (Å²) in [4.78, 5) is 24.0. The largest absolute Gasteiger partial charge is 0.573 e. The molecule has 4 rings (SSSR count). The Labute approximate surface area is 190 Å². The summed E-state index contributed by atoms with van der Waals surface area (Å²) in [7, 11) is 0. The van der Waals surface area contributed by atoms with E-state index in [1.807, 2.05) is 5.01 Å². The molecule has 2 aliphatic heterocycles. The summed E-state index contributed by atoms with van der Waals surface area (Å²) in [6.45, 7) is 0.965. The number of nitrogens with zero attached hydrogens (tertiary/aromatic N) is 1. The van der Waals surface area contributed by atoms with E-state index in [1.54, 1.807) is 12.1 Å². The van der Waals surface area contributed by atoms with E-state index >= 15 is 0 Å². The van der Waals surface area contributed by atoms with Crippen LogP contribution in [0.5, 0.6) is 5.75 Å². The van der Waals surface area contributed by atoms with Gasteiger partial charge in [-0.15, -0.1) is 13.2 Å². The van der Waals surface area contributed by atoms with Gasteiger partial charge in [0.15, 0.2) is 0 Å². The Kier molecular flexibility index (Phi) is 7.11. The SMILES string of the molecule is O=C1C[C@@H](C(=O)NC2C=C(c3cccc(OC(F)(F)F)c3)N(CCC3CCCCC3)N2)CN1. The van der Waals surface area contributed by atoms with Crippen molar-refractivity contribution in [2.45, 2.75) is 57.5 Å². The highest BCUT2D eigenvalue weighted by Crippen LogP contribution is 2.31.